The average Bonchev–Trinajstić information content (AvgIpc) is 2.13. The van der Waals surface area contributed by atoms with Crippen LogP contribution in [0.4, 0.5) is 4.39 Å². The van der Waals surface area contributed by atoms with Gasteiger partial charge in [0.05, 0.1) is 6.67 Å². The highest BCUT2D eigenvalue weighted by molar-refractivity contribution is 4.72. The molecule has 0 aromatic carbocycles. The van der Waals surface area contributed by atoms with Crippen LogP contribution in [0, 0.1) is 23.2 Å². The van der Waals surface area contributed by atoms with Gasteiger partial charge in [0, 0.05) is 0 Å². The summed E-state index contributed by atoms with van der Waals surface area (Å²) in [6.45, 7) is 13.2. The van der Waals surface area contributed by atoms with Crippen molar-refractivity contribution >= 4 is 0 Å². The molecule has 0 radical (unpaired) electrons. The van der Waals surface area contributed by atoms with Crippen LogP contribution in [-0.2, 0) is 0 Å². The molecule has 0 bridgehead atoms. The number of hydrogen-bond acceptors (Lipinski definition) is 0. The summed E-state index contributed by atoms with van der Waals surface area (Å²) in [4.78, 5) is 0. The molecule has 0 saturated heterocycles. The predicted molar refractivity (Wildman–Crippen MR) is 66.8 cm³/mol. The largest absolute Gasteiger partial charge is 0.251 e. The van der Waals surface area contributed by atoms with Gasteiger partial charge in [-0.2, -0.15) is 0 Å². The maximum Gasteiger partial charge on any atom is 0.0922 e. The van der Waals surface area contributed by atoms with E-state index in [1.54, 1.807) is 0 Å². The molecule has 0 aromatic rings. The molecule has 0 saturated carbocycles. The molecule has 0 amide bonds. The number of rotatable bonds is 6. The van der Waals surface area contributed by atoms with Crippen LogP contribution in [0.25, 0.3) is 0 Å². The molecule has 0 aliphatic carbocycles. The average molecular weight is 216 g/mol. The number of halogens is 1. The van der Waals surface area contributed by atoms with E-state index in [9.17, 15) is 4.39 Å². The van der Waals surface area contributed by atoms with E-state index < -0.39 is 0 Å². The Morgan fingerprint density at radius 3 is 1.93 bits per heavy atom. The Morgan fingerprint density at radius 2 is 1.60 bits per heavy atom. The van der Waals surface area contributed by atoms with Crippen molar-refractivity contribution in [2.45, 2.75) is 60.8 Å². The standard InChI is InChI=1S/C14H29F/c1-7-13(9-14(4,5)6)8-11(2)12(3)10-15/h11-13H,7-10H2,1-6H3. The summed E-state index contributed by atoms with van der Waals surface area (Å²) in [5.41, 5.74) is 0.402. The van der Waals surface area contributed by atoms with E-state index in [0.717, 1.165) is 5.92 Å². The molecule has 0 heterocycles. The zero-order valence-corrected chi connectivity index (χ0v) is 11.4. The number of alkyl halides is 1. The highest BCUT2D eigenvalue weighted by Crippen LogP contribution is 2.32. The Balaban J connectivity index is 4.09. The van der Waals surface area contributed by atoms with Gasteiger partial charge < -0.3 is 0 Å². The summed E-state index contributed by atoms with van der Waals surface area (Å²) < 4.78 is 12.5. The Hall–Kier alpha value is -0.0700. The maximum atomic E-state index is 12.5. The van der Waals surface area contributed by atoms with E-state index >= 15 is 0 Å². The molecule has 0 fully saturated rings. The highest BCUT2D eigenvalue weighted by Gasteiger charge is 2.21. The summed E-state index contributed by atoms with van der Waals surface area (Å²) in [5.74, 6) is 1.50. The maximum absolute atomic E-state index is 12.5. The number of hydrogen-bond donors (Lipinski definition) is 0. The lowest BCUT2D eigenvalue weighted by Crippen LogP contribution is -2.19. The van der Waals surface area contributed by atoms with Gasteiger partial charge >= 0.3 is 0 Å². The summed E-state index contributed by atoms with van der Waals surface area (Å²) in [7, 11) is 0. The van der Waals surface area contributed by atoms with Crippen molar-refractivity contribution in [2.24, 2.45) is 23.2 Å². The monoisotopic (exact) mass is 216 g/mol. The third-order valence-corrected chi connectivity index (χ3v) is 3.40. The lowest BCUT2D eigenvalue weighted by molar-refractivity contribution is 0.208. The van der Waals surface area contributed by atoms with E-state index in [1.165, 1.54) is 19.3 Å². The third-order valence-electron chi connectivity index (χ3n) is 3.40. The molecule has 1 heteroatoms. The highest BCUT2D eigenvalue weighted by atomic mass is 19.1. The van der Waals surface area contributed by atoms with Crippen LogP contribution in [-0.4, -0.2) is 6.67 Å². The molecular formula is C14H29F. The van der Waals surface area contributed by atoms with Crippen LogP contribution < -0.4 is 0 Å². The SMILES string of the molecule is CCC(CC(C)C(C)CF)CC(C)(C)C. The fraction of sp³-hybridized carbons (Fsp3) is 1.00. The minimum atomic E-state index is -0.173. The van der Waals surface area contributed by atoms with E-state index in [2.05, 4.69) is 34.6 Å². The zero-order valence-electron chi connectivity index (χ0n) is 11.4. The lowest BCUT2D eigenvalue weighted by atomic mass is 9.78. The Morgan fingerprint density at radius 1 is 1.07 bits per heavy atom. The normalized spacial score (nSPS) is 18.6. The van der Waals surface area contributed by atoms with Crippen molar-refractivity contribution < 1.29 is 4.39 Å². The van der Waals surface area contributed by atoms with Crippen LogP contribution in [0.2, 0.25) is 0 Å². The minimum Gasteiger partial charge on any atom is -0.251 e. The van der Waals surface area contributed by atoms with Crippen molar-refractivity contribution in [3.05, 3.63) is 0 Å². The molecule has 0 nitrogen and oxygen atoms in total. The first kappa shape index (κ1) is 14.9. The van der Waals surface area contributed by atoms with E-state index in [1.807, 2.05) is 6.92 Å². The molecule has 0 spiro atoms. The summed E-state index contributed by atoms with van der Waals surface area (Å²) in [5, 5.41) is 0. The first-order valence-corrected chi connectivity index (χ1v) is 6.36. The van der Waals surface area contributed by atoms with E-state index in [0.29, 0.717) is 11.3 Å². The van der Waals surface area contributed by atoms with Gasteiger partial charge in [0.1, 0.15) is 0 Å². The smallest absolute Gasteiger partial charge is 0.0922 e. The van der Waals surface area contributed by atoms with Gasteiger partial charge in [-0.3, -0.25) is 4.39 Å². The Labute approximate surface area is 95.6 Å². The first-order chi connectivity index (χ1) is 6.80. The van der Waals surface area contributed by atoms with Crippen LogP contribution in [0.1, 0.15) is 60.8 Å². The fourth-order valence-electron chi connectivity index (χ4n) is 2.17. The van der Waals surface area contributed by atoms with Crippen molar-refractivity contribution in [3.8, 4) is 0 Å². The first-order valence-electron chi connectivity index (χ1n) is 6.36. The van der Waals surface area contributed by atoms with Gasteiger partial charge in [-0.15, -0.1) is 0 Å². The molecule has 0 aliphatic heterocycles. The molecule has 0 rings (SSSR count). The zero-order chi connectivity index (χ0) is 12.1. The van der Waals surface area contributed by atoms with Gasteiger partial charge in [0.15, 0.2) is 0 Å². The van der Waals surface area contributed by atoms with Gasteiger partial charge in [0.2, 0.25) is 0 Å². The minimum absolute atomic E-state index is 0.173. The predicted octanol–water partition coefficient (Wildman–Crippen LogP) is 5.08. The molecule has 3 atom stereocenters. The van der Waals surface area contributed by atoms with Crippen LogP contribution in [0.15, 0.2) is 0 Å². The molecule has 3 unspecified atom stereocenters. The van der Waals surface area contributed by atoms with Gasteiger partial charge in [-0.1, -0.05) is 48.0 Å². The second-order valence-corrected chi connectivity index (χ2v) is 6.38. The second-order valence-electron chi connectivity index (χ2n) is 6.38. The Kier molecular flexibility index (Phi) is 6.47. The summed E-state index contributed by atoms with van der Waals surface area (Å²) in [6, 6.07) is 0. The summed E-state index contributed by atoms with van der Waals surface area (Å²) >= 11 is 0. The van der Waals surface area contributed by atoms with Gasteiger partial charge in [0.25, 0.3) is 0 Å². The molecule has 0 aliphatic rings. The molecular weight excluding hydrogens is 187 g/mol. The van der Waals surface area contributed by atoms with Crippen LogP contribution in [0.3, 0.4) is 0 Å². The molecule has 15 heavy (non-hydrogen) atoms. The van der Waals surface area contributed by atoms with E-state index in [-0.39, 0.29) is 12.6 Å². The lowest BCUT2D eigenvalue weighted by Gasteiger charge is -2.28. The Bertz CT molecular complexity index is 157. The van der Waals surface area contributed by atoms with Crippen LogP contribution >= 0.6 is 0 Å². The molecule has 0 aromatic heterocycles. The van der Waals surface area contributed by atoms with E-state index in [4.69, 9.17) is 0 Å². The second kappa shape index (κ2) is 6.50. The van der Waals surface area contributed by atoms with Gasteiger partial charge in [-0.25, -0.2) is 0 Å². The van der Waals surface area contributed by atoms with Crippen LogP contribution in [0.5, 0.6) is 0 Å². The van der Waals surface area contributed by atoms with Gasteiger partial charge in [-0.05, 0) is 36.0 Å². The van der Waals surface area contributed by atoms with Crippen molar-refractivity contribution in [2.75, 3.05) is 6.67 Å². The third kappa shape index (κ3) is 6.92. The van der Waals surface area contributed by atoms with Crippen molar-refractivity contribution in [1.29, 1.82) is 0 Å². The van der Waals surface area contributed by atoms with Crippen molar-refractivity contribution in [1.82, 2.24) is 0 Å². The summed E-state index contributed by atoms with van der Waals surface area (Å²) in [6.07, 6.45) is 3.66. The topological polar surface area (TPSA) is 0 Å². The quantitative estimate of drug-likeness (QED) is 0.581. The molecule has 92 valence electrons. The van der Waals surface area contributed by atoms with Crippen molar-refractivity contribution in [3.63, 3.8) is 0 Å². The fourth-order valence-corrected chi connectivity index (χ4v) is 2.17. The molecule has 0 N–H and O–H groups in total.